The molecule has 0 fully saturated rings. The molecular weight excluding hydrogens is 228 g/mol. The average molecular weight is 246 g/mol. The number of rotatable bonds is 5. The van der Waals surface area contributed by atoms with Crippen LogP contribution in [-0.4, -0.2) is 18.5 Å². The van der Waals surface area contributed by atoms with Gasteiger partial charge in [0.1, 0.15) is 17.8 Å². The van der Waals surface area contributed by atoms with Gasteiger partial charge in [-0.15, -0.1) is 0 Å². The Labute approximate surface area is 107 Å². The van der Waals surface area contributed by atoms with E-state index in [0.29, 0.717) is 18.5 Å². The van der Waals surface area contributed by atoms with Crippen molar-refractivity contribution in [2.75, 3.05) is 7.11 Å². The fourth-order valence-electron chi connectivity index (χ4n) is 1.65. The fraction of sp³-hybridized carbons (Fsp3) is 0.267. The molecule has 0 aromatic heterocycles. The molecule has 3 heteroatoms. The van der Waals surface area contributed by atoms with Crippen molar-refractivity contribution in [3.8, 4) is 11.5 Å². The number of phenols is 1. The molecule has 1 aromatic rings. The first-order valence-electron chi connectivity index (χ1n) is 5.74. The van der Waals surface area contributed by atoms with Crippen molar-refractivity contribution in [2.24, 2.45) is 0 Å². The molecule has 0 radical (unpaired) electrons. The van der Waals surface area contributed by atoms with Gasteiger partial charge in [-0.2, -0.15) is 0 Å². The van der Waals surface area contributed by atoms with Crippen LogP contribution >= 0.6 is 0 Å². The second-order valence-electron chi connectivity index (χ2n) is 4.17. The summed E-state index contributed by atoms with van der Waals surface area (Å²) in [6.07, 6.45) is 6.39. The summed E-state index contributed by atoms with van der Waals surface area (Å²) in [5, 5.41) is 9.88. The normalized spacial score (nSPS) is 10.4. The first-order chi connectivity index (χ1) is 8.60. The zero-order valence-corrected chi connectivity index (χ0v) is 10.9. The van der Waals surface area contributed by atoms with Crippen molar-refractivity contribution in [2.45, 2.75) is 20.3 Å². The Balaban J connectivity index is 3.25. The number of methoxy groups -OCH3 is 1. The van der Waals surface area contributed by atoms with E-state index < -0.39 is 0 Å². The molecule has 3 nitrogen and oxygen atoms in total. The Morgan fingerprint density at radius 3 is 2.67 bits per heavy atom. The number of allylic oxidation sites excluding steroid dienone is 3. The predicted octanol–water partition coefficient (Wildman–Crippen LogP) is 3.12. The van der Waals surface area contributed by atoms with E-state index in [-0.39, 0.29) is 5.75 Å². The van der Waals surface area contributed by atoms with Gasteiger partial charge in [0.15, 0.2) is 0 Å². The van der Waals surface area contributed by atoms with E-state index >= 15 is 0 Å². The number of carbonyl (C=O) groups excluding carboxylic acids is 1. The molecule has 1 N–H and O–H groups in total. The maximum absolute atomic E-state index is 10.4. The average Bonchev–Trinajstić information content (AvgIpc) is 2.35. The van der Waals surface area contributed by atoms with Gasteiger partial charge in [-0.05, 0) is 44.6 Å². The highest BCUT2D eigenvalue weighted by molar-refractivity contribution is 5.76. The number of hydrogen-bond donors (Lipinski definition) is 1. The summed E-state index contributed by atoms with van der Waals surface area (Å²) < 4.78 is 5.33. The van der Waals surface area contributed by atoms with Gasteiger partial charge >= 0.3 is 0 Å². The number of aldehydes is 1. The summed E-state index contributed by atoms with van der Waals surface area (Å²) in [5.74, 6) is 0.804. The lowest BCUT2D eigenvalue weighted by molar-refractivity contribution is -0.104. The molecule has 96 valence electrons. The van der Waals surface area contributed by atoms with E-state index in [1.54, 1.807) is 25.3 Å². The van der Waals surface area contributed by atoms with Crippen LogP contribution in [0.15, 0.2) is 29.9 Å². The van der Waals surface area contributed by atoms with E-state index in [9.17, 15) is 9.90 Å². The molecule has 0 amide bonds. The molecule has 0 aliphatic carbocycles. The molecule has 18 heavy (non-hydrogen) atoms. The van der Waals surface area contributed by atoms with Crippen LogP contribution in [0.1, 0.15) is 25.0 Å². The molecular formula is C15H18O3. The fourth-order valence-corrected chi connectivity index (χ4v) is 1.65. The van der Waals surface area contributed by atoms with Crippen LogP contribution in [0.4, 0.5) is 0 Å². The van der Waals surface area contributed by atoms with Crippen LogP contribution in [0.3, 0.4) is 0 Å². The van der Waals surface area contributed by atoms with E-state index in [1.807, 2.05) is 19.9 Å². The Kier molecular flexibility index (Phi) is 5.18. The molecule has 0 saturated heterocycles. The third kappa shape index (κ3) is 3.48. The highest BCUT2D eigenvalue weighted by atomic mass is 16.5. The highest BCUT2D eigenvalue weighted by Gasteiger charge is 2.11. The molecule has 1 rings (SSSR count). The second kappa shape index (κ2) is 6.64. The minimum atomic E-state index is 0.201. The van der Waals surface area contributed by atoms with Crippen LogP contribution < -0.4 is 4.74 Å². The Morgan fingerprint density at radius 2 is 2.11 bits per heavy atom. The standard InChI is InChI=1S/C15H18O3/c1-11(2)6-8-13-14(17)9-7-12(5-4-10-16)15(13)18-3/h4-7,9-10,17H,8H2,1-3H3/b5-4+. The first kappa shape index (κ1) is 14.0. The van der Waals surface area contributed by atoms with Gasteiger partial charge in [-0.25, -0.2) is 0 Å². The summed E-state index contributed by atoms with van der Waals surface area (Å²) in [6, 6.07) is 3.33. The lowest BCUT2D eigenvalue weighted by Gasteiger charge is -2.12. The van der Waals surface area contributed by atoms with Gasteiger partial charge in [0.25, 0.3) is 0 Å². The third-order valence-electron chi connectivity index (χ3n) is 2.54. The molecule has 0 unspecified atom stereocenters. The van der Waals surface area contributed by atoms with Crippen LogP contribution in [-0.2, 0) is 11.2 Å². The smallest absolute Gasteiger partial charge is 0.142 e. The molecule has 0 spiro atoms. The van der Waals surface area contributed by atoms with Gasteiger partial charge < -0.3 is 9.84 Å². The van der Waals surface area contributed by atoms with Crippen LogP contribution in [0.25, 0.3) is 6.08 Å². The van der Waals surface area contributed by atoms with Crippen LogP contribution in [0.2, 0.25) is 0 Å². The van der Waals surface area contributed by atoms with E-state index in [4.69, 9.17) is 4.74 Å². The summed E-state index contributed by atoms with van der Waals surface area (Å²) in [6.45, 7) is 4.00. The van der Waals surface area contributed by atoms with Crippen molar-refractivity contribution in [3.05, 3.63) is 41.0 Å². The minimum absolute atomic E-state index is 0.201. The molecule has 0 bridgehead atoms. The van der Waals surface area contributed by atoms with Crippen LogP contribution in [0, 0.1) is 0 Å². The van der Waals surface area contributed by atoms with Gasteiger partial charge in [0.05, 0.1) is 7.11 Å². The Morgan fingerprint density at radius 1 is 1.39 bits per heavy atom. The van der Waals surface area contributed by atoms with Crippen molar-refractivity contribution in [1.29, 1.82) is 0 Å². The second-order valence-corrected chi connectivity index (χ2v) is 4.17. The van der Waals surface area contributed by atoms with Crippen molar-refractivity contribution < 1.29 is 14.6 Å². The topological polar surface area (TPSA) is 46.5 Å². The van der Waals surface area contributed by atoms with Crippen molar-refractivity contribution >= 4 is 12.4 Å². The quantitative estimate of drug-likeness (QED) is 0.493. The monoisotopic (exact) mass is 246 g/mol. The molecule has 0 heterocycles. The first-order valence-corrected chi connectivity index (χ1v) is 5.74. The molecule has 0 saturated carbocycles. The number of hydrogen-bond acceptors (Lipinski definition) is 3. The summed E-state index contributed by atoms with van der Waals surface area (Å²) in [5.41, 5.74) is 2.68. The lowest BCUT2D eigenvalue weighted by Crippen LogP contribution is -1.95. The minimum Gasteiger partial charge on any atom is -0.508 e. The number of carbonyl (C=O) groups is 1. The number of aromatic hydroxyl groups is 1. The lowest BCUT2D eigenvalue weighted by atomic mass is 10.0. The maximum Gasteiger partial charge on any atom is 0.142 e. The van der Waals surface area contributed by atoms with E-state index in [2.05, 4.69) is 0 Å². The number of phenolic OH excluding ortho intramolecular Hbond substituents is 1. The molecule has 0 aliphatic heterocycles. The number of ether oxygens (including phenoxy) is 1. The van der Waals surface area contributed by atoms with Gasteiger partial charge in [0.2, 0.25) is 0 Å². The Bertz CT molecular complexity index is 481. The summed E-state index contributed by atoms with van der Waals surface area (Å²) in [7, 11) is 1.55. The molecule has 0 atom stereocenters. The number of benzene rings is 1. The molecule has 1 aromatic carbocycles. The summed E-state index contributed by atoms with van der Waals surface area (Å²) >= 11 is 0. The maximum atomic E-state index is 10.4. The van der Waals surface area contributed by atoms with Crippen molar-refractivity contribution in [3.63, 3.8) is 0 Å². The van der Waals surface area contributed by atoms with Crippen LogP contribution in [0.5, 0.6) is 11.5 Å². The highest BCUT2D eigenvalue weighted by Crippen LogP contribution is 2.33. The van der Waals surface area contributed by atoms with E-state index in [0.717, 1.165) is 11.1 Å². The van der Waals surface area contributed by atoms with Gasteiger partial charge in [-0.1, -0.05) is 11.6 Å². The SMILES string of the molecule is COc1c(/C=C/C=O)ccc(O)c1CC=C(C)C. The zero-order chi connectivity index (χ0) is 13.5. The third-order valence-corrected chi connectivity index (χ3v) is 2.54. The largest absolute Gasteiger partial charge is 0.508 e. The van der Waals surface area contributed by atoms with Gasteiger partial charge in [0, 0.05) is 11.1 Å². The molecule has 0 aliphatic rings. The van der Waals surface area contributed by atoms with Gasteiger partial charge in [-0.3, -0.25) is 4.79 Å². The summed E-state index contributed by atoms with van der Waals surface area (Å²) in [4.78, 5) is 10.4. The Hall–Kier alpha value is -2.03. The predicted molar refractivity (Wildman–Crippen MR) is 72.9 cm³/mol. The van der Waals surface area contributed by atoms with E-state index in [1.165, 1.54) is 11.6 Å². The van der Waals surface area contributed by atoms with Crippen molar-refractivity contribution in [1.82, 2.24) is 0 Å². The zero-order valence-electron chi connectivity index (χ0n) is 10.9.